The Morgan fingerprint density at radius 2 is 1.67 bits per heavy atom. The van der Waals surface area contributed by atoms with Crippen molar-refractivity contribution < 1.29 is 14.3 Å². The molecule has 2 N–H and O–H groups in total. The molecule has 108 valence electrons. The maximum atomic E-state index is 11.2. The number of esters is 1. The van der Waals surface area contributed by atoms with Crippen LogP contribution in [0.1, 0.15) is 47.5 Å². The van der Waals surface area contributed by atoms with Crippen molar-refractivity contribution >= 4 is 12.0 Å². The van der Waals surface area contributed by atoms with Crippen LogP contribution in [0.4, 0.5) is 4.79 Å². The third-order valence-electron chi connectivity index (χ3n) is 1.94. The third-order valence-corrected chi connectivity index (χ3v) is 1.94. The van der Waals surface area contributed by atoms with Crippen molar-refractivity contribution in [3.8, 4) is 0 Å². The molecule has 0 saturated carbocycles. The van der Waals surface area contributed by atoms with Crippen LogP contribution in [0.2, 0.25) is 0 Å². The number of ether oxygens (including phenoxy) is 1. The Hall–Kier alpha value is -1.26. The number of nitrogens with one attached hydrogen (secondary N) is 2. The van der Waals surface area contributed by atoms with E-state index in [2.05, 4.69) is 29.2 Å². The van der Waals surface area contributed by atoms with E-state index < -0.39 is 0 Å². The van der Waals surface area contributed by atoms with Gasteiger partial charge >= 0.3 is 12.0 Å². The summed E-state index contributed by atoms with van der Waals surface area (Å²) in [6.45, 7) is 10.9. The topological polar surface area (TPSA) is 67.4 Å². The van der Waals surface area contributed by atoms with Crippen molar-refractivity contribution in [2.45, 2.75) is 47.5 Å². The van der Waals surface area contributed by atoms with E-state index in [1.54, 1.807) is 0 Å². The largest absolute Gasteiger partial charge is 0.464 e. The second-order valence-electron chi connectivity index (χ2n) is 4.06. The molecule has 0 aromatic rings. The van der Waals surface area contributed by atoms with E-state index in [4.69, 9.17) is 0 Å². The van der Waals surface area contributed by atoms with Gasteiger partial charge in [0.1, 0.15) is 6.61 Å². The Balaban J connectivity index is 0. The Morgan fingerprint density at radius 1 is 1.11 bits per heavy atom. The van der Waals surface area contributed by atoms with Gasteiger partial charge in [0, 0.05) is 13.5 Å². The molecule has 5 heteroatoms. The minimum atomic E-state index is -0.334. The summed E-state index contributed by atoms with van der Waals surface area (Å²) in [6.07, 6.45) is 2.09. The number of rotatable bonds is 7. The lowest BCUT2D eigenvalue weighted by Gasteiger charge is -2.08. The highest BCUT2D eigenvalue weighted by molar-refractivity contribution is 5.73. The van der Waals surface area contributed by atoms with E-state index in [0.717, 1.165) is 12.8 Å². The van der Waals surface area contributed by atoms with E-state index in [1.165, 1.54) is 6.92 Å². The van der Waals surface area contributed by atoms with Gasteiger partial charge in [-0.25, -0.2) is 4.79 Å². The highest BCUT2D eigenvalue weighted by Crippen LogP contribution is 2.01. The van der Waals surface area contributed by atoms with Gasteiger partial charge in [-0.1, -0.05) is 27.7 Å². The van der Waals surface area contributed by atoms with E-state index in [1.807, 2.05) is 13.8 Å². The first-order valence-electron chi connectivity index (χ1n) is 6.67. The van der Waals surface area contributed by atoms with Crippen molar-refractivity contribution in [1.29, 1.82) is 0 Å². The average molecular weight is 260 g/mol. The molecule has 5 nitrogen and oxygen atoms in total. The standard InChI is InChI=1S/C11H22N2O3.C2H6/c1-9(2)5-4-6-12-11(15)13-7-8-16-10(3)14;1-2/h9H,4-8H2,1-3H3,(H2,12,13,15);1-2H3. The molecule has 0 rings (SSSR count). The predicted octanol–water partition coefficient (Wildman–Crippen LogP) is 2.31. The van der Waals surface area contributed by atoms with Crippen LogP contribution < -0.4 is 10.6 Å². The smallest absolute Gasteiger partial charge is 0.314 e. The first kappa shape index (κ1) is 19.1. The number of hydrogen-bond acceptors (Lipinski definition) is 3. The summed E-state index contributed by atoms with van der Waals surface area (Å²) >= 11 is 0. The number of carbonyl (C=O) groups is 2. The Morgan fingerprint density at radius 3 is 2.17 bits per heavy atom. The molecule has 0 saturated heterocycles. The predicted molar refractivity (Wildman–Crippen MR) is 73.5 cm³/mol. The lowest BCUT2D eigenvalue weighted by atomic mass is 10.1. The summed E-state index contributed by atoms with van der Waals surface area (Å²) < 4.78 is 4.67. The SMILES string of the molecule is CC.CC(=O)OCCNC(=O)NCCCC(C)C. The van der Waals surface area contributed by atoms with Crippen LogP contribution in [0.5, 0.6) is 0 Å². The van der Waals surface area contributed by atoms with Crippen LogP contribution >= 0.6 is 0 Å². The molecule has 0 atom stereocenters. The summed E-state index contributed by atoms with van der Waals surface area (Å²) in [7, 11) is 0. The zero-order chi connectivity index (χ0) is 14.4. The van der Waals surface area contributed by atoms with E-state index in [9.17, 15) is 9.59 Å². The first-order chi connectivity index (χ1) is 8.52. The molecule has 0 aromatic heterocycles. The Labute approximate surface area is 111 Å². The summed E-state index contributed by atoms with van der Waals surface area (Å²) in [4.78, 5) is 21.6. The summed E-state index contributed by atoms with van der Waals surface area (Å²) in [5.41, 5.74) is 0. The minimum Gasteiger partial charge on any atom is -0.464 e. The molecular formula is C13H28N2O3. The van der Waals surface area contributed by atoms with Gasteiger partial charge in [-0.2, -0.15) is 0 Å². The summed E-state index contributed by atoms with van der Waals surface area (Å²) in [6, 6.07) is -0.212. The van der Waals surface area contributed by atoms with Crippen molar-refractivity contribution in [3.63, 3.8) is 0 Å². The number of urea groups is 1. The van der Waals surface area contributed by atoms with Gasteiger partial charge in [-0.05, 0) is 18.8 Å². The third kappa shape index (κ3) is 17.1. The quantitative estimate of drug-likeness (QED) is 0.545. The van der Waals surface area contributed by atoms with Crippen LogP contribution in [-0.4, -0.2) is 31.7 Å². The second-order valence-corrected chi connectivity index (χ2v) is 4.06. The lowest BCUT2D eigenvalue weighted by molar-refractivity contribution is -0.140. The molecule has 18 heavy (non-hydrogen) atoms. The van der Waals surface area contributed by atoms with Gasteiger partial charge in [-0.15, -0.1) is 0 Å². The number of amides is 2. The van der Waals surface area contributed by atoms with Crippen molar-refractivity contribution in [2.75, 3.05) is 19.7 Å². The van der Waals surface area contributed by atoms with Crippen LogP contribution in [-0.2, 0) is 9.53 Å². The second kappa shape index (κ2) is 13.8. The maximum Gasteiger partial charge on any atom is 0.314 e. The molecule has 0 aliphatic carbocycles. The molecule has 0 aromatic carbocycles. The highest BCUT2D eigenvalue weighted by Gasteiger charge is 2.00. The average Bonchev–Trinajstić information content (AvgIpc) is 2.32. The maximum absolute atomic E-state index is 11.2. The number of hydrogen-bond donors (Lipinski definition) is 2. The van der Waals surface area contributed by atoms with E-state index >= 15 is 0 Å². The zero-order valence-corrected chi connectivity index (χ0v) is 12.3. The normalized spacial score (nSPS) is 9.22. The fraction of sp³-hybridized carbons (Fsp3) is 0.846. The van der Waals surface area contributed by atoms with Crippen LogP contribution in [0.3, 0.4) is 0 Å². The summed E-state index contributed by atoms with van der Waals surface area (Å²) in [5.74, 6) is 0.327. The fourth-order valence-electron chi connectivity index (χ4n) is 1.13. The Bertz CT molecular complexity index is 218. The van der Waals surface area contributed by atoms with Crippen LogP contribution in [0, 0.1) is 5.92 Å². The lowest BCUT2D eigenvalue weighted by Crippen LogP contribution is -2.38. The van der Waals surface area contributed by atoms with Crippen molar-refractivity contribution in [2.24, 2.45) is 5.92 Å². The molecule has 0 bridgehead atoms. The van der Waals surface area contributed by atoms with Gasteiger partial charge < -0.3 is 15.4 Å². The molecule has 0 radical (unpaired) electrons. The molecule has 0 unspecified atom stereocenters. The highest BCUT2D eigenvalue weighted by atomic mass is 16.5. The van der Waals surface area contributed by atoms with E-state index in [-0.39, 0.29) is 18.6 Å². The molecule has 0 heterocycles. The first-order valence-corrected chi connectivity index (χ1v) is 6.67. The monoisotopic (exact) mass is 260 g/mol. The summed E-state index contributed by atoms with van der Waals surface area (Å²) in [5, 5.41) is 5.33. The molecular weight excluding hydrogens is 232 g/mol. The van der Waals surface area contributed by atoms with Gasteiger partial charge in [0.15, 0.2) is 0 Å². The molecule has 0 aliphatic heterocycles. The Kier molecular flexibility index (Phi) is 14.6. The molecule has 0 fully saturated rings. The van der Waals surface area contributed by atoms with Crippen LogP contribution in [0.15, 0.2) is 0 Å². The molecule has 0 aliphatic rings. The van der Waals surface area contributed by atoms with Gasteiger partial charge in [0.05, 0.1) is 6.54 Å². The van der Waals surface area contributed by atoms with Crippen molar-refractivity contribution in [1.82, 2.24) is 10.6 Å². The van der Waals surface area contributed by atoms with Crippen LogP contribution in [0.25, 0.3) is 0 Å². The van der Waals surface area contributed by atoms with Crippen molar-refractivity contribution in [3.05, 3.63) is 0 Å². The molecule has 2 amide bonds. The fourth-order valence-corrected chi connectivity index (χ4v) is 1.13. The molecule has 0 spiro atoms. The zero-order valence-electron chi connectivity index (χ0n) is 12.3. The number of carbonyl (C=O) groups excluding carboxylic acids is 2. The van der Waals surface area contributed by atoms with E-state index in [0.29, 0.717) is 19.0 Å². The van der Waals surface area contributed by atoms with Gasteiger partial charge in [0.2, 0.25) is 0 Å². The van der Waals surface area contributed by atoms with Gasteiger partial charge in [0.25, 0.3) is 0 Å². The van der Waals surface area contributed by atoms with Gasteiger partial charge in [-0.3, -0.25) is 4.79 Å². The minimum absolute atomic E-state index is 0.212.